The first kappa shape index (κ1) is 22.7. The Morgan fingerprint density at radius 3 is 2.27 bits per heavy atom. The van der Waals surface area contributed by atoms with Crippen LogP contribution in [0.15, 0.2) is 52.9 Å². The molecule has 1 aliphatic heterocycles. The lowest BCUT2D eigenvalue weighted by atomic mass is 9.97. The molecule has 1 aliphatic rings. The number of ether oxygens (including phenoxy) is 1. The number of benzene rings is 2. The Kier molecular flexibility index (Phi) is 6.55. The summed E-state index contributed by atoms with van der Waals surface area (Å²) in [5.74, 6) is 2.25. The lowest BCUT2D eigenvalue weighted by Crippen LogP contribution is -2.47. The van der Waals surface area contributed by atoms with Crippen molar-refractivity contribution in [1.82, 2.24) is 14.9 Å². The van der Waals surface area contributed by atoms with E-state index in [0.717, 1.165) is 27.6 Å². The number of urea groups is 1. The van der Waals surface area contributed by atoms with E-state index in [0.29, 0.717) is 37.6 Å². The summed E-state index contributed by atoms with van der Waals surface area (Å²) in [6.07, 6.45) is 1.38. The normalized spacial score (nSPS) is 14.5. The summed E-state index contributed by atoms with van der Waals surface area (Å²) < 4.78 is 11.6. The Morgan fingerprint density at radius 2 is 1.70 bits per heavy atom. The van der Waals surface area contributed by atoms with Crippen LogP contribution >= 0.6 is 0 Å². The molecule has 33 heavy (non-hydrogen) atoms. The quantitative estimate of drug-likeness (QED) is 0.413. The van der Waals surface area contributed by atoms with Gasteiger partial charge in [0.2, 0.25) is 0 Å². The zero-order valence-corrected chi connectivity index (χ0v) is 19.1. The lowest BCUT2D eigenvalue weighted by molar-refractivity contribution is -0.0815. The molecule has 1 fully saturated rings. The highest BCUT2D eigenvalue weighted by Gasteiger charge is 2.31. The van der Waals surface area contributed by atoms with Crippen LogP contribution in [0.5, 0.6) is 11.5 Å². The molecule has 3 aromatic rings. The molecule has 0 spiro atoms. The van der Waals surface area contributed by atoms with Crippen LogP contribution in [0.4, 0.5) is 4.79 Å². The van der Waals surface area contributed by atoms with Gasteiger partial charge in [0, 0.05) is 30.1 Å². The minimum absolute atomic E-state index is 0.0584. The van der Waals surface area contributed by atoms with E-state index < -0.39 is 0 Å². The van der Waals surface area contributed by atoms with Crippen molar-refractivity contribution in [3.05, 3.63) is 54.4 Å². The topological polar surface area (TPSA) is 99.3 Å². The smallest absolute Gasteiger partial charge is 0.343 e. The molecule has 4 rings (SSSR count). The monoisotopic (exact) mass is 451 g/mol. The minimum Gasteiger partial charge on any atom is -0.508 e. The van der Waals surface area contributed by atoms with Crippen LogP contribution in [0.3, 0.4) is 0 Å². The molecule has 0 aliphatic carbocycles. The largest absolute Gasteiger partial charge is 0.508 e. The summed E-state index contributed by atoms with van der Waals surface area (Å²) in [7, 11) is 1.62. The van der Waals surface area contributed by atoms with E-state index >= 15 is 0 Å². The number of aromatic nitrogens is 1. The van der Waals surface area contributed by atoms with Crippen LogP contribution in [0.1, 0.15) is 38.5 Å². The second-order valence-corrected chi connectivity index (χ2v) is 8.49. The average Bonchev–Trinajstić information content (AvgIpc) is 3.29. The van der Waals surface area contributed by atoms with Crippen LogP contribution < -0.4 is 4.74 Å². The van der Waals surface area contributed by atoms with Crippen molar-refractivity contribution in [2.45, 2.75) is 38.6 Å². The number of hydrogen-bond donors (Lipinski definition) is 2. The molecule has 0 radical (unpaired) electrons. The fraction of sp³-hybridized carbons (Fsp3) is 0.360. The second-order valence-electron chi connectivity index (χ2n) is 8.49. The lowest BCUT2D eigenvalue weighted by Gasteiger charge is -2.33. The maximum absolute atomic E-state index is 12.4. The van der Waals surface area contributed by atoms with Gasteiger partial charge in [0.25, 0.3) is 0 Å². The highest BCUT2D eigenvalue weighted by molar-refractivity contribution is 5.77. The maximum atomic E-state index is 12.4. The van der Waals surface area contributed by atoms with Gasteiger partial charge < -0.3 is 19.2 Å². The number of nitrogens with zero attached hydrogens (tertiary/aromatic N) is 3. The van der Waals surface area contributed by atoms with Gasteiger partial charge in [-0.15, -0.1) is 0 Å². The van der Waals surface area contributed by atoms with Crippen LogP contribution in [-0.2, 0) is 0 Å². The van der Waals surface area contributed by atoms with Crippen molar-refractivity contribution < 1.29 is 24.3 Å². The van der Waals surface area contributed by atoms with Crippen LogP contribution in [-0.4, -0.2) is 57.5 Å². The first-order chi connectivity index (χ1) is 15.9. The van der Waals surface area contributed by atoms with Gasteiger partial charge in [-0.1, -0.05) is 0 Å². The third kappa shape index (κ3) is 4.80. The van der Waals surface area contributed by atoms with Crippen molar-refractivity contribution in [2.75, 3.05) is 20.2 Å². The summed E-state index contributed by atoms with van der Waals surface area (Å²) >= 11 is 0. The van der Waals surface area contributed by atoms with Crippen LogP contribution in [0, 0.1) is 0 Å². The number of likely N-dealkylation sites (tertiary alicyclic amines) is 1. The van der Waals surface area contributed by atoms with Gasteiger partial charge in [0.1, 0.15) is 17.2 Å². The molecule has 1 saturated heterocycles. The summed E-state index contributed by atoms with van der Waals surface area (Å²) in [5, 5.41) is 20.4. The number of carbonyl (C=O) groups excluding carboxylic acids is 1. The van der Waals surface area contributed by atoms with Crippen molar-refractivity contribution in [3.63, 3.8) is 0 Å². The number of phenolic OH excluding ortho intramolecular Hbond substituents is 1. The number of methoxy groups -OCH3 is 1. The van der Waals surface area contributed by atoms with Crippen molar-refractivity contribution in [3.8, 4) is 34.1 Å². The molecule has 0 saturated carbocycles. The molecule has 2 aromatic carbocycles. The van der Waals surface area contributed by atoms with E-state index in [9.17, 15) is 15.1 Å². The van der Waals surface area contributed by atoms with E-state index in [1.54, 1.807) is 50.1 Å². The number of phenols is 1. The molecule has 2 heterocycles. The number of carbonyl (C=O) groups is 1. The van der Waals surface area contributed by atoms with Gasteiger partial charge >= 0.3 is 6.03 Å². The summed E-state index contributed by atoms with van der Waals surface area (Å²) in [6.45, 7) is 4.57. The fourth-order valence-electron chi connectivity index (χ4n) is 3.95. The van der Waals surface area contributed by atoms with Crippen molar-refractivity contribution >= 4 is 6.03 Å². The number of hydroxylamine groups is 2. The Morgan fingerprint density at radius 1 is 1.09 bits per heavy atom. The molecule has 0 unspecified atom stereocenters. The number of amides is 2. The zero-order chi connectivity index (χ0) is 23.5. The third-order valence-electron chi connectivity index (χ3n) is 5.94. The number of oxazole rings is 1. The van der Waals surface area contributed by atoms with E-state index in [-0.39, 0.29) is 23.7 Å². The molecule has 1 aromatic heterocycles. The van der Waals surface area contributed by atoms with E-state index in [4.69, 9.17) is 14.1 Å². The van der Waals surface area contributed by atoms with E-state index in [1.165, 1.54) is 0 Å². The summed E-state index contributed by atoms with van der Waals surface area (Å²) in [4.78, 5) is 18.9. The zero-order valence-electron chi connectivity index (χ0n) is 19.1. The second kappa shape index (κ2) is 9.54. The van der Waals surface area contributed by atoms with E-state index in [2.05, 4.69) is 0 Å². The number of hydrogen-bond acceptors (Lipinski definition) is 6. The Labute approximate surface area is 193 Å². The first-order valence-electron chi connectivity index (χ1n) is 11.1. The van der Waals surface area contributed by atoms with Gasteiger partial charge in [0.15, 0.2) is 11.7 Å². The molecule has 8 nitrogen and oxygen atoms in total. The minimum atomic E-state index is -0.375. The molecule has 174 valence electrons. The van der Waals surface area contributed by atoms with Gasteiger partial charge in [-0.05, 0) is 75.2 Å². The molecule has 0 atom stereocenters. The molecule has 8 heteroatoms. The van der Waals surface area contributed by atoms with Gasteiger partial charge in [-0.3, -0.25) is 5.21 Å². The SMILES string of the molecule is COc1ccc(-c2nc(C3CCN(C(=O)N(O)C(C)C)CC3)oc2-c2ccc(O)cc2)cc1. The predicted molar refractivity (Wildman–Crippen MR) is 123 cm³/mol. The Balaban J connectivity index is 1.60. The van der Waals surface area contributed by atoms with Crippen LogP contribution in [0.25, 0.3) is 22.6 Å². The number of piperidine rings is 1. The van der Waals surface area contributed by atoms with E-state index in [1.807, 2.05) is 24.3 Å². The first-order valence-corrected chi connectivity index (χ1v) is 11.1. The Bertz CT molecular complexity index is 1080. The van der Waals surface area contributed by atoms with Gasteiger partial charge in [-0.25, -0.2) is 14.8 Å². The molecule has 2 N–H and O–H groups in total. The average molecular weight is 452 g/mol. The van der Waals surface area contributed by atoms with Gasteiger partial charge in [0.05, 0.1) is 13.2 Å². The summed E-state index contributed by atoms with van der Waals surface area (Å²) in [5.41, 5.74) is 2.44. The third-order valence-corrected chi connectivity index (χ3v) is 5.94. The standard InChI is InChI=1S/C25H29N3O5/c1-16(2)28(31)25(30)27-14-12-19(13-15-27)24-26-22(17-6-10-21(32-3)11-7-17)23(33-24)18-4-8-20(29)9-5-18/h4-11,16,19,29,31H,12-15H2,1-3H3. The molecule has 2 amide bonds. The Hall–Kier alpha value is -3.52. The van der Waals surface area contributed by atoms with Crippen molar-refractivity contribution in [2.24, 2.45) is 0 Å². The highest BCUT2D eigenvalue weighted by atomic mass is 16.5. The molecule has 0 bridgehead atoms. The molecular weight excluding hydrogens is 422 g/mol. The summed E-state index contributed by atoms with van der Waals surface area (Å²) in [6, 6.07) is 13.8. The van der Waals surface area contributed by atoms with Crippen LogP contribution in [0.2, 0.25) is 0 Å². The number of aromatic hydroxyl groups is 1. The molecular formula is C25H29N3O5. The number of rotatable bonds is 5. The fourth-order valence-corrected chi connectivity index (χ4v) is 3.95. The van der Waals surface area contributed by atoms with Gasteiger partial charge in [-0.2, -0.15) is 0 Å². The maximum Gasteiger partial charge on any atom is 0.343 e. The predicted octanol–water partition coefficient (Wildman–Crippen LogP) is 5.12. The highest BCUT2D eigenvalue weighted by Crippen LogP contribution is 2.38. The van der Waals surface area contributed by atoms with Crippen molar-refractivity contribution in [1.29, 1.82) is 0 Å².